The maximum absolute atomic E-state index is 12.4. The van der Waals surface area contributed by atoms with E-state index in [2.05, 4.69) is 22.5 Å². The minimum atomic E-state index is -1.03. The average Bonchev–Trinajstić information content (AvgIpc) is 3.27. The molecule has 0 radical (unpaired) electrons. The minimum absolute atomic E-state index is 0.0547. The zero-order valence-corrected chi connectivity index (χ0v) is 15.9. The molecule has 7 heteroatoms. The number of alkyl carbamates (subject to hydrolysis) is 1. The quantitative estimate of drug-likeness (QED) is 0.671. The van der Waals surface area contributed by atoms with Gasteiger partial charge in [0, 0.05) is 19.2 Å². The van der Waals surface area contributed by atoms with Crippen LogP contribution in [0.5, 0.6) is 0 Å². The zero-order valence-electron chi connectivity index (χ0n) is 15.9. The van der Waals surface area contributed by atoms with E-state index in [1.54, 1.807) is 24.0 Å². The van der Waals surface area contributed by atoms with Crippen LogP contribution in [0.1, 0.15) is 35.2 Å². The Morgan fingerprint density at radius 2 is 1.72 bits per heavy atom. The van der Waals surface area contributed by atoms with Crippen molar-refractivity contribution in [3.8, 4) is 11.1 Å². The second-order valence-electron chi connectivity index (χ2n) is 7.03. The summed E-state index contributed by atoms with van der Waals surface area (Å²) in [6.07, 6.45) is 0.758. The van der Waals surface area contributed by atoms with Gasteiger partial charge in [-0.25, -0.2) is 4.79 Å². The second-order valence-corrected chi connectivity index (χ2v) is 7.03. The van der Waals surface area contributed by atoms with Crippen molar-refractivity contribution < 1.29 is 19.4 Å². The van der Waals surface area contributed by atoms with Crippen molar-refractivity contribution in [1.29, 1.82) is 0 Å². The molecule has 4 rings (SSSR count). The molecule has 0 fully saturated rings. The maximum atomic E-state index is 12.4. The van der Waals surface area contributed by atoms with Gasteiger partial charge < -0.3 is 15.2 Å². The van der Waals surface area contributed by atoms with E-state index in [0.29, 0.717) is 5.69 Å². The predicted molar refractivity (Wildman–Crippen MR) is 106 cm³/mol. The second kappa shape index (κ2) is 7.79. The number of aromatic nitrogens is 2. The lowest BCUT2D eigenvalue weighted by Crippen LogP contribution is -2.32. The third-order valence-electron chi connectivity index (χ3n) is 5.11. The Morgan fingerprint density at radius 3 is 2.28 bits per heavy atom. The Kier molecular flexibility index (Phi) is 5.03. The Morgan fingerprint density at radius 1 is 1.10 bits per heavy atom. The van der Waals surface area contributed by atoms with Crippen molar-refractivity contribution in [2.75, 3.05) is 6.61 Å². The SMILES string of the molecule is Cn1ccc(C(CC(=O)O)NC(=O)OCC2c3ccccc3-c3ccccc32)n1. The number of fused-ring (bicyclic) bond motifs is 3. The fraction of sp³-hybridized carbons (Fsp3) is 0.227. The number of carboxylic acid groups (broad SMARTS) is 1. The number of carboxylic acids is 1. The first-order chi connectivity index (χ1) is 14.0. The third kappa shape index (κ3) is 3.85. The van der Waals surface area contributed by atoms with Crippen LogP contribution in [-0.4, -0.2) is 33.6 Å². The van der Waals surface area contributed by atoms with E-state index in [-0.39, 0.29) is 18.9 Å². The van der Waals surface area contributed by atoms with E-state index in [1.807, 2.05) is 36.4 Å². The van der Waals surface area contributed by atoms with Crippen LogP contribution in [-0.2, 0) is 16.6 Å². The van der Waals surface area contributed by atoms with Crippen molar-refractivity contribution in [1.82, 2.24) is 15.1 Å². The summed E-state index contributed by atoms with van der Waals surface area (Å²) in [4.78, 5) is 23.6. The summed E-state index contributed by atoms with van der Waals surface area (Å²) >= 11 is 0. The molecule has 0 saturated carbocycles. The maximum Gasteiger partial charge on any atom is 0.407 e. The molecule has 0 saturated heterocycles. The monoisotopic (exact) mass is 391 g/mol. The van der Waals surface area contributed by atoms with E-state index < -0.39 is 18.1 Å². The summed E-state index contributed by atoms with van der Waals surface area (Å²) in [6, 6.07) is 17.1. The fourth-order valence-electron chi connectivity index (χ4n) is 3.81. The molecule has 1 aromatic heterocycles. The molecule has 1 amide bonds. The molecule has 1 aliphatic rings. The van der Waals surface area contributed by atoms with Gasteiger partial charge in [-0.05, 0) is 28.3 Å². The summed E-state index contributed by atoms with van der Waals surface area (Å²) in [5, 5.41) is 16.0. The molecular formula is C22H21N3O4. The number of aliphatic carboxylic acids is 1. The number of carbonyl (C=O) groups is 2. The normalized spacial score (nSPS) is 13.4. The van der Waals surface area contributed by atoms with Gasteiger partial charge in [0.2, 0.25) is 0 Å². The number of hydrogen-bond acceptors (Lipinski definition) is 4. The zero-order chi connectivity index (χ0) is 20.4. The van der Waals surface area contributed by atoms with Crippen molar-refractivity contribution in [3.05, 3.63) is 77.6 Å². The van der Waals surface area contributed by atoms with Crippen molar-refractivity contribution in [2.24, 2.45) is 7.05 Å². The van der Waals surface area contributed by atoms with Crippen LogP contribution < -0.4 is 5.32 Å². The van der Waals surface area contributed by atoms with E-state index in [4.69, 9.17) is 9.84 Å². The molecule has 1 atom stereocenters. The van der Waals surface area contributed by atoms with Crippen LogP contribution in [0.3, 0.4) is 0 Å². The first-order valence-electron chi connectivity index (χ1n) is 9.36. The molecule has 0 aliphatic heterocycles. The fourth-order valence-corrected chi connectivity index (χ4v) is 3.81. The standard InChI is InChI=1S/C22H21N3O4/c1-25-11-10-19(24-25)20(12-21(26)27)23-22(28)29-13-18-16-8-4-2-6-14(16)15-7-3-5-9-17(15)18/h2-11,18,20H,12-13H2,1H3,(H,23,28)(H,26,27). The van der Waals surface area contributed by atoms with Gasteiger partial charge in [0.25, 0.3) is 0 Å². The average molecular weight is 391 g/mol. The van der Waals surface area contributed by atoms with Gasteiger partial charge in [0.1, 0.15) is 6.61 Å². The van der Waals surface area contributed by atoms with Crippen LogP contribution in [0.2, 0.25) is 0 Å². The lowest BCUT2D eigenvalue weighted by Gasteiger charge is -2.17. The molecule has 29 heavy (non-hydrogen) atoms. The molecule has 0 bridgehead atoms. The van der Waals surface area contributed by atoms with Crippen LogP contribution in [0.15, 0.2) is 60.8 Å². The van der Waals surface area contributed by atoms with Crippen molar-refractivity contribution >= 4 is 12.1 Å². The third-order valence-corrected chi connectivity index (χ3v) is 5.11. The van der Waals surface area contributed by atoms with E-state index in [9.17, 15) is 9.59 Å². The Bertz CT molecular complexity index is 1010. The Balaban J connectivity index is 1.47. The van der Waals surface area contributed by atoms with Gasteiger partial charge in [-0.15, -0.1) is 0 Å². The Labute approximate surface area is 167 Å². The molecule has 1 heterocycles. The van der Waals surface area contributed by atoms with Gasteiger partial charge >= 0.3 is 12.1 Å². The molecule has 2 N–H and O–H groups in total. The topological polar surface area (TPSA) is 93.5 Å². The van der Waals surface area contributed by atoms with Crippen LogP contribution in [0, 0.1) is 0 Å². The molecule has 1 unspecified atom stereocenters. The van der Waals surface area contributed by atoms with E-state index >= 15 is 0 Å². The summed E-state index contributed by atoms with van der Waals surface area (Å²) in [5.74, 6) is -1.08. The summed E-state index contributed by atoms with van der Waals surface area (Å²) < 4.78 is 7.06. The first-order valence-corrected chi connectivity index (χ1v) is 9.36. The molecule has 7 nitrogen and oxygen atoms in total. The van der Waals surface area contributed by atoms with E-state index in [0.717, 1.165) is 22.3 Å². The van der Waals surface area contributed by atoms with Crippen LogP contribution >= 0.6 is 0 Å². The highest BCUT2D eigenvalue weighted by molar-refractivity contribution is 5.79. The van der Waals surface area contributed by atoms with Gasteiger partial charge in [-0.2, -0.15) is 5.10 Å². The number of nitrogens with one attached hydrogen (secondary N) is 1. The molecule has 0 spiro atoms. The van der Waals surface area contributed by atoms with E-state index in [1.165, 1.54) is 0 Å². The lowest BCUT2D eigenvalue weighted by molar-refractivity contribution is -0.137. The van der Waals surface area contributed by atoms with Crippen LogP contribution in [0.4, 0.5) is 4.79 Å². The number of hydrogen-bond donors (Lipinski definition) is 2. The van der Waals surface area contributed by atoms with Gasteiger partial charge in [-0.3, -0.25) is 9.48 Å². The number of nitrogens with zero attached hydrogens (tertiary/aromatic N) is 2. The highest BCUT2D eigenvalue weighted by Gasteiger charge is 2.29. The van der Waals surface area contributed by atoms with Gasteiger partial charge in [0.15, 0.2) is 0 Å². The minimum Gasteiger partial charge on any atom is -0.481 e. The summed E-state index contributed by atoms with van der Waals surface area (Å²) in [6.45, 7) is 0.169. The molecule has 2 aromatic carbocycles. The first kappa shape index (κ1) is 18.7. The molecule has 3 aromatic rings. The Hall–Kier alpha value is -3.61. The molecule has 1 aliphatic carbocycles. The van der Waals surface area contributed by atoms with Gasteiger partial charge in [-0.1, -0.05) is 48.5 Å². The summed E-state index contributed by atoms with van der Waals surface area (Å²) in [5.41, 5.74) is 5.01. The lowest BCUT2D eigenvalue weighted by atomic mass is 9.98. The number of ether oxygens (including phenoxy) is 1. The highest BCUT2D eigenvalue weighted by atomic mass is 16.5. The smallest absolute Gasteiger partial charge is 0.407 e. The number of aryl methyl sites for hydroxylation is 1. The largest absolute Gasteiger partial charge is 0.481 e. The van der Waals surface area contributed by atoms with Crippen LogP contribution in [0.25, 0.3) is 11.1 Å². The molecular weight excluding hydrogens is 370 g/mol. The predicted octanol–water partition coefficient (Wildman–Crippen LogP) is 3.47. The number of benzene rings is 2. The number of amides is 1. The van der Waals surface area contributed by atoms with Gasteiger partial charge in [0.05, 0.1) is 18.2 Å². The number of carbonyl (C=O) groups excluding carboxylic acids is 1. The van der Waals surface area contributed by atoms with Crippen molar-refractivity contribution in [3.63, 3.8) is 0 Å². The van der Waals surface area contributed by atoms with Crippen molar-refractivity contribution in [2.45, 2.75) is 18.4 Å². The number of rotatable bonds is 6. The highest BCUT2D eigenvalue weighted by Crippen LogP contribution is 2.44. The molecule has 148 valence electrons. The summed E-state index contributed by atoms with van der Waals surface area (Å²) in [7, 11) is 1.73.